The van der Waals surface area contributed by atoms with Gasteiger partial charge in [0, 0.05) is 12.0 Å². The molecule has 2 fully saturated rings. The average Bonchev–Trinajstić information content (AvgIpc) is 3.47. The normalized spacial score (nSPS) is 20.8. The molecule has 7 heteroatoms. The summed E-state index contributed by atoms with van der Waals surface area (Å²) in [5.74, 6) is -0.737. The van der Waals surface area contributed by atoms with E-state index in [1.165, 1.54) is 12.1 Å². The van der Waals surface area contributed by atoms with Gasteiger partial charge < -0.3 is 10.4 Å². The fourth-order valence-electron chi connectivity index (χ4n) is 5.80. The lowest BCUT2D eigenvalue weighted by Gasteiger charge is -2.22. The third-order valence-electron chi connectivity index (χ3n) is 7.64. The molecule has 1 aliphatic carbocycles. The molecule has 1 aliphatic heterocycles. The van der Waals surface area contributed by atoms with Gasteiger partial charge in [0.05, 0.1) is 11.1 Å². The molecule has 4 nitrogen and oxygen atoms in total. The van der Waals surface area contributed by atoms with E-state index in [2.05, 4.69) is 5.32 Å². The van der Waals surface area contributed by atoms with Crippen molar-refractivity contribution in [1.82, 2.24) is 5.32 Å². The van der Waals surface area contributed by atoms with Crippen LogP contribution in [0.5, 0.6) is 0 Å². The standard InChI is InChI=1S/C30H22F3NO3/c31-30(32,33)22-8-5-16(6-9-22)19-7-10-24-20(11-19)12-21(29(36)37)13-25(24)17-1-3-18(4-2-17)26-14-23-15-27(26)28(35)34-23/h1-13,23,26-27H,14-15H2,(H,34,35)(H,36,37)/t23-,26+,27-/m0/s1. The number of amides is 1. The zero-order chi connectivity index (χ0) is 25.9. The van der Waals surface area contributed by atoms with Crippen LogP contribution in [0.1, 0.15) is 40.2 Å². The predicted octanol–water partition coefficient (Wildman–Crippen LogP) is 6.88. The zero-order valence-electron chi connectivity index (χ0n) is 19.5. The summed E-state index contributed by atoms with van der Waals surface area (Å²) in [5.41, 5.74) is 3.42. The first kappa shape index (κ1) is 23.3. The number of nitrogens with one attached hydrogen (secondary N) is 1. The highest BCUT2D eigenvalue weighted by Gasteiger charge is 2.45. The SMILES string of the molecule is O=C(O)c1cc(-c2ccc([C@H]3C[C@H]4C[C@@H]3C(=O)N4)cc2)c2ccc(-c3ccc(C(F)(F)F)cc3)cc2c1. The number of piperidine rings is 1. The third kappa shape index (κ3) is 4.14. The Kier molecular flexibility index (Phi) is 5.33. The number of benzene rings is 4. The molecular weight excluding hydrogens is 479 g/mol. The van der Waals surface area contributed by atoms with Crippen LogP contribution in [0.3, 0.4) is 0 Å². The molecule has 0 radical (unpaired) electrons. The van der Waals surface area contributed by atoms with Gasteiger partial charge in [0.1, 0.15) is 0 Å². The topological polar surface area (TPSA) is 66.4 Å². The van der Waals surface area contributed by atoms with Crippen LogP contribution in [0.4, 0.5) is 13.2 Å². The van der Waals surface area contributed by atoms with Crippen molar-refractivity contribution in [3.8, 4) is 22.3 Å². The average molecular weight is 502 g/mol. The molecule has 1 saturated heterocycles. The first-order chi connectivity index (χ1) is 17.7. The van der Waals surface area contributed by atoms with Crippen molar-refractivity contribution in [3.63, 3.8) is 0 Å². The Morgan fingerprint density at radius 1 is 0.811 bits per heavy atom. The number of alkyl halides is 3. The van der Waals surface area contributed by atoms with Gasteiger partial charge in [0.15, 0.2) is 0 Å². The fourth-order valence-corrected chi connectivity index (χ4v) is 5.80. The van der Waals surface area contributed by atoms with Crippen molar-refractivity contribution in [2.24, 2.45) is 5.92 Å². The Hall–Kier alpha value is -4.13. The minimum Gasteiger partial charge on any atom is -0.478 e. The first-order valence-corrected chi connectivity index (χ1v) is 12.1. The van der Waals surface area contributed by atoms with Crippen LogP contribution in [0, 0.1) is 5.92 Å². The number of rotatable bonds is 4. The summed E-state index contributed by atoms with van der Waals surface area (Å²) in [6, 6.07) is 21.9. The minimum absolute atomic E-state index is 0.00985. The second kappa shape index (κ2) is 8.47. The van der Waals surface area contributed by atoms with Crippen molar-refractivity contribution in [2.75, 3.05) is 0 Å². The van der Waals surface area contributed by atoms with Gasteiger partial charge in [-0.15, -0.1) is 0 Å². The van der Waals surface area contributed by atoms with E-state index < -0.39 is 17.7 Å². The Bertz CT molecular complexity index is 1540. The smallest absolute Gasteiger partial charge is 0.416 e. The number of carbonyl (C=O) groups excluding carboxylic acids is 1. The summed E-state index contributed by atoms with van der Waals surface area (Å²) >= 11 is 0. The molecule has 2 bridgehead atoms. The Balaban J connectivity index is 1.38. The highest BCUT2D eigenvalue weighted by molar-refractivity contribution is 6.04. The molecule has 2 N–H and O–H groups in total. The number of aromatic carboxylic acids is 1. The molecule has 1 heterocycles. The van der Waals surface area contributed by atoms with Crippen LogP contribution >= 0.6 is 0 Å². The lowest BCUT2D eigenvalue weighted by atomic mass is 9.86. The van der Waals surface area contributed by atoms with E-state index in [0.717, 1.165) is 47.1 Å². The highest BCUT2D eigenvalue weighted by atomic mass is 19.4. The summed E-state index contributed by atoms with van der Waals surface area (Å²) in [5, 5.41) is 14.3. The second-order valence-corrected chi connectivity index (χ2v) is 9.85. The van der Waals surface area contributed by atoms with Crippen molar-refractivity contribution in [1.29, 1.82) is 0 Å². The largest absolute Gasteiger partial charge is 0.478 e. The molecule has 4 aromatic rings. The lowest BCUT2D eigenvalue weighted by Crippen LogP contribution is -2.34. The summed E-state index contributed by atoms with van der Waals surface area (Å²) in [6.45, 7) is 0. The van der Waals surface area contributed by atoms with Gasteiger partial charge in [-0.3, -0.25) is 4.79 Å². The quantitative estimate of drug-likeness (QED) is 0.320. The van der Waals surface area contributed by atoms with E-state index in [9.17, 15) is 27.9 Å². The summed E-state index contributed by atoms with van der Waals surface area (Å²) in [6.07, 6.45) is -2.61. The van der Waals surface area contributed by atoms with Crippen molar-refractivity contribution in [2.45, 2.75) is 31.0 Å². The van der Waals surface area contributed by atoms with Crippen molar-refractivity contribution >= 4 is 22.6 Å². The van der Waals surface area contributed by atoms with Crippen LogP contribution in [-0.4, -0.2) is 23.0 Å². The van der Waals surface area contributed by atoms with E-state index in [0.29, 0.717) is 16.5 Å². The molecule has 4 aromatic carbocycles. The number of carboxylic acid groups (broad SMARTS) is 1. The molecule has 37 heavy (non-hydrogen) atoms. The molecule has 2 aliphatic rings. The number of carbonyl (C=O) groups is 2. The van der Waals surface area contributed by atoms with Crippen LogP contribution in [0.2, 0.25) is 0 Å². The van der Waals surface area contributed by atoms with Crippen LogP contribution < -0.4 is 5.32 Å². The number of carboxylic acids is 1. The third-order valence-corrected chi connectivity index (χ3v) is 7.64. The van der Waals surface area contributed by atoms with Crippen LogP contribution in [-0.2, 0) is 11.0 Å². The molecule has 1 saturated carbocycles. The van der Waals surface area contributed by atoms with Gasteiger partial charge in [0.25, 0.3) is 0 Å². The fraction of sp³-hybridized carbons (Fsp3) is 0.200. The maximum Gasteiger partial charge on any atom is 0.416 e. The number of hydrogen-bond donors (Lipinski definition) is 2. The van der Waals surface area contributed by atoms with Gasteiger partial charge in [-0.2, -0.15) is 13.2 Å². The van der Waals surface area contributed by atoms with E-state index >= 15 is 0 Å². The minimum atomic E-state index is -4.41. The first-order valence-electron chi connectivity index (χ1n) is 12.1. The zero-order valence-corrected chi connectivity index (χ0v) is 19.5. The molecule has 6 rings (SSSR count). The second-order valence-electron chi connectivity index (χ2n) is 9.85. The Morgan fingerprint density at radius 2 is 1.46 bits per heavy atom. The highest BCUT2D eigenvalue weighted by Crippen LogP contribution is 2.44. The summed E-state index contributed by atoms with van der Waals surface area (Å²) < 4.78 is 38.9. The Morgan fingerprint density at radius 3 is 2.08 bits per heavy atom. The maximum absolute atomic E-state index is 13.0. The van der Waals surface area contributed by atoms with Crippen molar-refractivity contribution < 1.29 is 27.9 Å². The number of hydrogen-bond acceptors (Lipinski definition) is 2. The van der Waals surface area contributed by atoms with Gasteiger partial charge in [-0.05, 0) is 87.7 Å². The van der Waals surface area contributed by atoms with Crippen LogP contribution in [0.25, 0.3) is 33.0 Å². The van der Waals surface area contributed by atoms with Crippen LogP contribution in [0.15, 0.2) is 78.9 Å². The molecule has 3 atom stereocenters. The number of fused-ring (bicyclic) bond motifs is 3. The van der Waals surface area contributed by atoms with Gasteiger partial charge in [-0.25, -0.2) is 4.79 Å². The van der Waals surface area contributed by atoms with Gasteiger partial charge in [-0.1, -0.05) is 48.5 Å². The number of halogens is 3. The van der Waals surface area contributed by atoms with E-state index in [1.54, 1.807) is 18.2 Å². The molecular formula is C30H22F3NO3. The molecule has 186 valence electrons. The molecule has 0 unspecified atom stereocenters. The molecule has 0 spiro atoms. The van der Waals surface area contributed by atoms with E-state index in [4.69, 9.17) is 0 Å². The predicted molar refractivity (Wildman–Crippen MR) is 134 cm³/mol. The maximum atomic E-state index is 13.0. The van der Waals surface area contributed by atoms with E-state index in [-0.39, 0.29) is 29.3 Å². The molecule has 1 amide bonds. The monoisotopic (exact) mass is 501 g/mol. The van der Waals surface area contributed by atoms with Gasteiger partial charge in [0.2, 0.25) is 5.91 Å². The Labute approximate surface area is 210 Å². The van der Waals surface area contributed by atoms with E-state index in [1.807, 2.05) is 36.4 Å². The lowest BCUT2D eigenvalue weighted by molar-refractivity contribution is -0.137. The summed E-state index contributed by atoms with van der Waals surface area (Å²) in [7, 11) is 0. The molecule has 0 aromatic heterocycles. The summed E-state index contributed by atoms with van der Waals surface area (Å²) in [4.78, 5) is 24.0. The van der Waals surface area contributed by atoms with Crippen molar-refractivity contribution in [3.05, 3.63) is 95.6 Å². The van der Waals surface area contributed by atoms with Gasteiger partial charge >= 0.3 is 12.1 Å².